The third-order valence-corrected chi connectivity index (χ3v) is 1.07. The highest BCUT2D eigenvalue weighted by Gasteiger charge is 1.82. The predicted octanol–water partition coefficient (Wildman–Crippen LogP) is -0.487. The highest BCUT2D eigenvalue weighted by atomic mass is 16.5. The van der Waals surface area contributed by atoms with Crippen molar-refractivity contribution in [1.29, 1.82) is 0 Å². The van der Waals surface area contributed by atoms with Crippen LogP contribution >= 0.6 is 0 Å². The van der Waals surface area contributed by atoms with E-state index >= 15 is 0 Å². The molecule has 1 rings (SSSR count). The maximum absolute atomic E-state index is 8.20. The molecule has 0 radical (unpaired) electrons. The Kier molecular flexibility index (Phi) is 10.9. The fourth-order valence-electron chi connectivity index (χ4n) is 0.514. The minimum atomic E-state index is 0.0870. The lowest BCUT2D eigenvalue weighted by molar-refractivity contribution is 0.0500. The van der Waals surface area contributed by atoms with Crippen LogP contribution < -0.4 is 0 Å². The van der Waals surface area contributed by atoms with Crippen LogP contribution in [-0.2, 0) is 9.47 Å². The second kappa shape index (κ2) is 11.9. The van der Waals surface area contributed by atoms with Gasteiger partial charge in [-0.2, -0.15) is 0 Å². The summed E-state index contributed by atoms with van der Waals surface area (Å²) in [6.45, 7) is 1.66. The molecule has 0 bridgehead atoms. The first-order valence-corrected chi connectivity index (χ1v) is 4.14. The molecule has 0 spiro atoms. The average molecular weight is 201 g/mol. The van der Waals surface area contributed by atoms with Crippen LogP contribution in [0.25, 0.3) is 0 Å². The molecule has 0 fully saturated rings. The summed E-state index contributed by atoms with van der Waals surface area (Å²) in [5, 5.41) is 8.20. The van der Waals surface area contributed by atoms with E-state index in [1.54, 1.807) is 7.11 Å². The van der Waals surface area contributed by atoms with E-state index in [0.29, 0.717) is 19.8 Å². The molecule has 0 amide bonds. The van der Waals surface area contributed by atoms with Crippen molar-refractivity contribution in [1.82, 2.24) is 15.0 Å². The molecular formula is C8H15N3O3. The van der Waals surface area contributed by atoms with E-state index in [1.165, 1.54) is 19.0 Å². The number of aliphatic hydroxyl groups is 1. The summed E-state index contributed by atoms with van der Waals surface area (Å²) in [5.41, 5.74) is 0. The Morgan fingerprint density at radius 1 is 1.00 bits per heavy atom. The summed E-state index contributed by atoms with van der Waals surface area (Å²) in [4.78, 5) is 10.7. The highest BCUT2D eigenvalue weighted by molar-refractivity contribution is 4.51. The number of nitrogens with zero attached hydrogens (tertiary/aromatic N) is 3. The molecule has 0 aliphatic rings. The molecule has 0 aromatic carbocycles. The van der Waals surface area contributed by atoms with E-state index in [0.717, 1.165) is 0 Å². The van der Waals surface area contributed by atoms with Crippen molar-refractivity contribution in [2.24, 2.45) is 0 Å². The zero-order valence-corrected chi connectivity index (χ0v) is 8.17. The molecule has 14 heavy (non-hydrogen) atoms. The summed E-state index contributed by atoms with van der Waals surface area (Å²) in [6.07, 6.45) is 4.31. The van der Waals surface area contributed by atoms with Crippen LogP contribution in [0.3, 0.4) is 0 Å². The van der Waals surface area contributed by atoms with Gasteiger partial charge in [0.2, 0.25) is 0 Å². The molecule has 1 heterocycles. The monoisotopic (exact) mass is 201 g/mol. The summed E-state index contributed by atoms with van der Waals surface area (Å²) in [7, 11) is 1.61. The Labute approximate surface area is 82.9 Å². The van der Waals surface area contributed by atoms with E-state index in [1.807, 2.05) is 0 Å². The van der Waals surface area contributed by atoms with Crippen molar-refractivity contribution >= 4 is 0 Å². The van der Waals surface area contributed by atoms with Crippen LogP contribution in [0.4, 0.5) is 0 Å². The maximum Gasteiger partial charge on any atom is 0.119 e. The Balaban J connectivity index is 0.000000249. The van der Waals surface area contributed by atoms with Crippen molar-refractivity contribution in [3.05, 3.63) is 19.0 Å². The number of rotatable bonds is 5. The molecule has 80 valence electrons. The third-order valence-electron chi connectivity index (χ3n) is 1.07. The maximum atomic E-state index is 8.20. The van der Waals surface area contributed by atoms with Gasteiger partial charge in [0.05, 0.1) is 26.4 Å². The van der Waals surface area contributed by atoms with E-state index in [4.69, 9.17) is 9.84 Å². The molecule has 0 atom stereocenters. The summed E-state index contributed by atoms with van der Waals surface area (Å²) in [5.74, 6) is 0. The molecule has 1 aromatic heterocycles. The van der Waals surface area contributed by atoms with Crippen LogP contribution in [0.2, 0.25) is 0 Å². The van der Waals surface area contributed by atoms with Gasteiger partial charge < -0.3 is 14.6 Å². The Bertz CT molecular complexity index is 154. The minimum absolute atomic E-state index is 0.0870. The van der Waals surface area contributed by atoms with E-state index in [9.17, 15) is 0 Å². The predicted molar refractivity (Wildman–Crippen MR) is 49.6 cm³/mol. The van der Waals surface area contributed by atoms with Gasteiger partial charge >= 0.3 is 0 Å². The summed E-state index contributed by atoms with van der Waals surface area (Å²) in [6, 6.07) is 0. The molecular weight excluding hydrogens is 186 g/mol. The Morgan fingerprint density at radius 3 is 1.93 bits per heavy atom. The lowest BCUT2D eigenvalue weighted by Crippen LogP contribution is -2.05. The number of hydrogen-bond donors (Lipinski definition) is 1. The zero-order valence-electron chi connectivity index (χ0n) is 8.17. The lowest BCUT2D eigenvalue weighted by Gasteiger charge is -1.98. The average Bonchev–Trinajstić information content (AvgIpc) is 2.28. The number of methoxy groups -OCH3 is 1. The zero-order chi connectivity index (χ0) is 10.5. The number of ether oxygens (including phenoxy) is 2. The second-order valence-electron chi connectivity index (χ2n) is 2.12. The fraction of sp³-hybridized carbons (Fsp3) is 0.625. The van der Waals surface area contributed by atoms with Gasteiger partial charge in [0.15, 0.2) is 0 Å². The molecule has 0 aliphatic heterocycles. The van der Waals surface area contributed by atoms with E-state index in [2.05, 4.69) is 19.7 Å². The third kappa shape index (κ3) is 10.9. The minimum Gasteiger partial charge on any atom is -0.394 e. The topological polar surface area (TPSA) is 77.4 Å². The van der Waals surface area contributed by atoms with Crippen LogP contribution in [0.1, 0.15) is 0 Å². The smallest absolute Gasteiger partial charge is 0.119 e. The van der Waals surface area contributed by atoms with E-state index < -0.39 is 0 Å². The van der Waals surface area contributed by atoms with Crippen LogP contribution in [0.5, 0.6) is 0 Å². The van der Waals surface area contributed by atoms with Crippen molar-refractivity contribution in [3.63, 3.8) is 0 Å². The van der Waals surface area contributed by atoms with Gasteiger partial charge in [0.25, 0.3) is 0 Å². The van der Waals surface area contributed by atoms with Gasteiger partial charge in [0.1, 0.15) is 19.0 Å². The number of hydrogen-bond acceptors (Lipinski definition) is 6. The highest BCUT2D eigenvalue weighted by Crippen LogP contribution is 1.72. The van der Waals surface area contributed by atoms with Gasteiger partial charge in [-0.25, -0.2) is 15.0 Å². The second-order valence-corrected chi connectivity index (χ2v) is 2.12. The van der Waals surface area contributed by atoms with Crippen molar-refractivity contribution in [2.75, 3.05) is 33.5 Å². The molecule has 0 saturated carbocycles. The van der Waals surface area contributed by atoms with Crippen molar-refractivity contribution < 1.29 is 14.6 Å². The standard InChI is InChI=1S/C5H12O3.C3H3N3/c1-7-4-5-8-3-2-6;1-4-2-6-3-5-1/h6H,2-5H2,1H3;1-3H. The number of aromatic nitrogens is 3. The van der Waals surface area contributed by atoms with Crippen LogP contribution in [0, 0.1) is 0 Å². The molecule has 6 nitrogen and oxygen atoms in total. The van der Waals surface area contributed by atoms with E-state index in [-0.39, 0.29) is 6.61 Å². The van der Waals surface area contributed by atoms with Crippen LogP contribution in [-0.4, -0.2) is 53.6 Å². The first-order chi connectivity index (χ1) is 6.91. The molecule has 1 aromatic rings. The molecule has 0 saturated heterocycles. The molecule has 0 aliphatic carbocycles. The van der Waals surface area contributed by atoms with Gasteiger partial charge in [-0.1, -0.05) is 0 Å². The SMILES string of the molecule is COCCOCCO.c1ncncn1. The van der Waals surface area contributed by atoms with Gasteiger partial charge in [-0.3, -0.25) is 0 Å². The quantitative estimate of drug-likeness (QED) is 0.648. The van der Waals surface area contributed by atoms with Crippen LogP contribution in [0.15, 0.2) is 19.0 Å². The number of aliphatic hydroxyl groups excluding tert-OH is 1. The summed E-state index contributed by atoms with van der Waals surface area (Å²) >= 11 is 0. The first kappa shape index (κ1) is 12.9. The van der Waals surface area contributed by atoms with Gasteiger partial charge in [0, 0.05) is 7.11 Å². The first-order valence-electron chi connectivity index (χ1n) is 4.14. The lowest BCUT2D eigenvalue weighted by atomic mass is 10.7. The molecule has 0 unspecified atom stereocenters. The largest absolute Gasteiger partial charge is 0.394 e. The van der Waals surface area contributed by atoms with Crippen molar-refractivity contribution in [2.45, 2.75) is 0 Å². The normalized spacial score (nSPS) is 9.00. The Hall–Kier alpha value is -1.11. The Morgan fingerprint density at radius 2 is 1.57 bits per heavy atom. The van der Waals surface area contributed by atoms with Gasteiger partial charge in [-0.15, -0.1) is 0 Å². The summed E-state index contributed by atoms with van der Waals surface area (Å²) < 4.78 is 9.53. The fourth-order valence-corrected chi connectivity index (χ4v) is 0.514. The molecule has 6 heteroatoms. The van der Waals surface area contributed by atoms with Gasteiger partial charge in [-0.05, 0) is 0 Å². The van der Waals surface area contributed by atoms with Crippen molar-refractivity contribution in [3.8, 4) is 0 Å². The molecule has 1 N–H and O–H groups in total.